The molecule has 2 N–H and O–H groups in total. The summed E-state index contributed by atoms with van der Waals surface area (Å²) in [5, 5.41) is 3.01. The molecule has 0 bridgehead atoms. The van der Waals surface area contributed by atoms with Crippen molar-refractivity contribution in [1.82, 2.24) is 5.32 Å². The zero-order valence-corrected chi connectivity index (χ0v) is 15.1. The van der Waals surface area contributed by atoms with Crippen LogP contribution in [0.2, 0.25) is 0 Å². The Labute approximate surface area is 146 Å². The van der Waals surface area contributed by atoms with E-state index in [4.69, 9.17) is 0 Å². The number of benzene rings is 2. The number of carbonyl (C=O) groups excluding carboxylic acids is 1. The van der Waals surface area contributed by atoms with Gasteiger partial charge in [-0.15, -0.1) is 0 Å². The molecule has 0 spiro atoms. The van der Waals surface area contributed by atoms with E-state index >= 15 is 0 Å². The summed E-state index contributed by atoms with van der Waals surface area (Å²) in [5.41, 5.74) is 2.56. The number of rotatable bonds is 8. The molecule has 0 aromatic heterocycles. The first-order chi connectivity index (χ1) is 11.1. The van der Waals surface area contributed by atoms with Crippen LogP contribution in [0.15, 0.2) is 59.1 Å². The van der Waals surface area contributed by atoms with E-state index in [-0.39, 0.29) is 5.91 Å². The van der Waals surface area contributed by atoms with Crippen LogP contribution in [0.25, 0.3) is 0 Å². The quantitative estimate of drug-likeness (QED) is 0.681. The lowest BCUT2D eigenvalue weighted by Gasteiger charge is -2.14. The molecule has 3 nitrogen and oxygen atoms in total. The summed E-state index contributed by atoms with van der Waals surface area (Å²) in [6.07, 6.45) is 1.98. The lowest BCUT2D eigenvalue weighted by molar-refractivity contribution is -0.885. The maximum Gasteiger partial charge on any atom is 0.275 e. The summed E-state index contributed by atoms with van der Waals surface area (Å²) in [6.45, 7) is 2.09. The Balaban J connectivity index is 1.63. The first-order valence-electron chi connectivity index (χ1n) is 8.00. The van der Waals surface area contributed by atoms with Crippen LogP contribution in [0.5, 0.6) is 0 Å². The van der Waals surface area contributed by atoms with Gasteiger partial charge >= 0.3 is 0 Å². The van der Waals surface area contributed by atoms with Gasteiger partial charge in [0, 0.05) is 16.6 Å². The highest BCUT2D eigenvalue weighted by Gasteiger charge is 2.10. The van der Waals surface area contributed by atoms with Crippen molar-refractivity contribution in [3.63, 3.8) is 0 Å². The average molecular weight is 376 g/mol. The van der Waals surface area contributed by atoms with Crippen molar-refractivity contribution in [3.05, 3.63) is 70.2 Å². The smallest absolute Gasteiger partial charge is 0.275 e. The standard InChI is InChI=1S/C19H23BrN2O/c1-22(14-17-9-11-18(20)12-10-17)15-19(23)21-13-5-8-16-6-3-2-4-7-16/h2-4,6-7,9-12H,5,8,13-15H2,1H3,(H,21,23)/p+1. The molecule has 2 aromatic rings. The predicted molar refractivity (Wildman–Crippen MR) is 97.4 cm³/mol. The van der Waals surface area contributed by atoms with Gasteiger partial charge in [-0.1, -0.05) is 58.4 Å². The van der Waals surface area contributed by atoms with Crippen molar-refractivity contribution in [2.45, 2.75) is 19.4 Å². The summed E-state index contributed by atoms with van der Waals surface area (Å²) in [7, 11) is 2.05. The minimum Gasteiger partial charge on any atom is -0.351 e. The Morgan fingerprint density at radius 3 is 2.43 bits per heavy atom. The van der Waals surface area contributed by atoms with Gasteiger partial charge < -0.3 is 10.2 Å². The molecule has 0 heterocycles. The van der Waals surface area contributed by atoms with E-state index in [9.17, 15) is 4.79 Å². The summed E-state index contributed by atoms with van der Waals surface area (Å²) in [4.78, 5) is 13.2. The summed E-state index contributed by atoms with van der Waals surface area (Å²) >= 11 is 3.43. The third-order valence-corrected chi connectivity index (χ3v) is 4.22. The lowest BCUT2D eigenvalue weighted by atomic mass is 10.1. The molecule has 0 aliphatic rings. The Morgan fingerprint density at radius 2 is 1.74 bits per heavy atom. The number of likely N-dealkylation sites (N-methyl/N-ethyl adjacent to an activating group) is 1. The first kappa shape index (κ1) is 17.7. The molecule has 2 aromatic carbocycles. The van der Waals surface area contributed by atoms with Crippen molar-refractivity contribution in [2.24, 2.45) is 0 Å². The van der Waals surface area contributed by atoms with Gasteiger partial charge in [0.25, 0.3) is 5.91 Å². The number of amides is 1. The highest BCUT2D eigenvalue weighted by atomic mass is 79.9. The molecule has 1 atom stereocenters. The van der Waals surface area contributed by atoms with Crippen LogP contribution in [0.3, 0.4) is 0 Å². The molecule has 122 valence electrons. The third-order valence-electron chi connectivity index (χ3n) is 3.69. The third kappa shape index (κ3) is 6.97. The molecule has 4 heteroatoms. The van der Waals surface area contributed by atoms with Gasteiger partial charge in [0.05, 0.1) is 7.05 Å². The fourth-order valence-corrected chi connectivity index (χ4v) is 2.78. The van der Waals surface area contributed by atoms with Crippen molar-refractivity contribution in [1.29, 1.82) is 0 Å². The molecule has 1 amide bonds. The van der Waals surface area contributed by atoms with E-state index < -0.39 is 0 Å². The maximum atomic E-state index is 12.0. The van der Waals surface area contributed by atoms with Gasteiger partial charge in [0.1, 0.15) is 6.54 Å². The normalized spacial score (nSPS) is 11.9. The van der Waals surface area contributed by atoms with Crippen molar-refractivity contribution >= 4 is 21.8 Å². The second kappa shape index (κ2) is 9.48. The second-order valence-electron chi connectivity index (χ2n) is 5.88. The average Bonchev–Trinajstić information content (AvgIpc) is 2.55. The van der Waals surface area contributed by atoms with Crippen LogP contribution < -0.4 is 10.2 Å². The van der Waals surface area contributed by atoms with Crippen LogP contribution in [0, 0.1) is 0 Å². The van der Waals surface area contributed by atoms with Crippen molar-refractivity contribution in [2.75, 3.05) is 20.1 Å². The van der Waals surface area contributed by atoms with E-state index in [1.54, 1.807) is 0 Å². The fourth-order valence-electron chi connectivity index (χ4n) is 2.51. The van der Waals surface area contributed by atoms with E-state index in [2.05, 4.69) is 45.5 Å². The molecule has 0 aliphatic heterocycles. The molecule has 0 saturated heterocycles. The van der Waals surface area contributed by atoms with Crippen LogP contribution in [-0.2, 0) is 17.8 Å². The number of hydrogen-bond acceptors (Lipinski definition) is 1. The molecule has 0 aliphatic carbocycles. The molecular weight excluding hydrogens is 352 g/mol. The van der Waals surface area contributed by atoms with Gasteiger partial charge in [-0.25, -0.2) is 0 Å². The SMILES string of the molecule is C[NH+](CC(=O)NCCCc1ccccc1)Cc1ccc(Br)cc1. The Kier molecular flexibility index (Phi) is 7.30. The number of carbonyl (C=O) groups is 1. The number of hydrogen-bond donors (Lipinski definition) is 2. The Morgan fingerprint density at radius 1 is 1.04 bits per heavy atom. The summed E-state index contributed by atoms with van der Waals surface area (Å²) in [5.74, 6) is 0.118. The summed E-state index contributed by atoms with van der Waals surface area (Å²) in [6, 6.07) is 18.6. The van der Waals surface area contributed by atoms with Crippen LogP contribution in [0.4, 0.5) is 0 Å². The fraction of sp³-hybridized carbons (Fsp3) is 0.316. The second-order valence-corrected chi connectivity index (χ2v) is 6.79. The van der Waals surface area contributed by atoms with Crippen molar-refractivity contribution in [3.8, 4) is 0 Å². The minimum absolute atomic E-state index is 0.118. The molecule has 0 radical (unpaired) electrons. The van der Waals surface area contributed by atoms with Crippen LogP contribution in [-0.4, -0.2) is 26.0 Å². The van der Waals surface area contributed by atoms with Crippen LogP contribution >= 0.6 is 15.9 Å². The van der Waals surface area contributed by atoms with Crippen LogP contribution in [0.1, 0.15) is 17.5 Å². The van der Waals surface area contributed by atoms with E-state index in [1.165, 1.54) is 16.0 Å². The highest BCUT2D eigenvalue weighted by molar-refractivity contribution is 9.10. The minimum atomic E-state index is 0.118. The topological polar surface area (TPSA) is 33.5 Å². The monoisotopic (exact) mass is 375 g/mol. The number of nitrogens with one attached hydrogen (secondary N) is 2. The zero-order chi connectivity index (χ0) is 16.5. The molecular formula is C19H24BrN2O+. The number of quaternary nitrogens is 1. The molecule has 2 rings (SSSR count). The van der Waals surface area contributed by atoms with Gasteiger partial charge in [-0.2, -0.15) is 0 Å². The van der Waals surface area contributed by atoms with Gasteiger partial charge in [-0.05, 0) is 30.5 Å². The summed E-state index contributed by atoms with van der Waals surface area (Å²) < 4.78 is 1.08. The van der Waals surface area contributed by atoms with E-state index in [0.717, 1.165) is 30.4 Å². The van der Waals surface area contributed by atoms with E-state index in [0.29, 0.717) is 6.54 Å². The zero-order valence-electron chi connectivity index (χ0n) is 13.5. The highest BCUT2D eigenvalue weighted by Crippen LogP contribution is 2.09. The largest absolute Gasteiger partial charge is 0.351 e. The molecule has 1 unspecified atom stereocenters. The molecule has 0 saturated carbocycles. The van der Waals surface area contributed by atoms with E-state index in [1.807, 2.05) is 37.4 Å². The van der Waals surface area contributed by atoms with Gasteiger partial charge in [-0.3, -0.25) is 4.79 Å². The number of halogens is 1. The molecule has 23 heavy (non-hydrogen) atoms. The Bertz CT molecular complexity index is 599. The lowest BCUT2D eigenvalue weighted by Crippen LogP contribution is -3.08. The first-order valence-corrected chi connectivity index (χ1v) is 8.79. The molecule has 0 fully saturated rings. The predicted octanol–water partition coefficient (Wildman–Crippen LogP) is 2.21. The number of aryl methyl sites for hydroxylation is 1. The van der Waals surface area contributed by atoms with Gasteiger partial charge in [0.2, 0.25) is 0 Å². The van der Waals surface area contributed by atoms with Gasteiger partial charge in [0.15, 0.2) is 6.54 Å². The Hall–Kier alpha value is -1.65. The van der Waals surface area contributed by atoms with Crippen molar-refractivity contribution < 1.29 is 9.69 Å². The maximum absolute atomic E-state index is 12.0.